The van der Waals surface area contributed by atoms with E-state index in [1.54, 1.807) is 36.3 Å². The number of hydrogen-bond acceptors (Lipinski definition) is 5. The number of aromatic nitrogens is 2. The van der Waals surface area contributed by atoms with Crippen LogP contribution in [0.15, 0.2) is 48.5 Å². The summed E-state index contributed by atoms with van der Waals surface area (Å²) in [7, 11) is 1.58. The van der Waals surface area contributed by atoms with Crippen molar-refractivity contribution < 1.29 is 14.3 Å². The van der Waals surface area contributed by atoms with E-state index < -0.39 is 5.91 Å². The number of carbonyl (C=O) groups excluding carboxylic acids is 2. The minimum absolute atomic E-state index is 0.132. The lowest BCUT2D eigenvalue weighted by atomic mass is 10.0. The summed E-state index contributed by atoms with van der Waals surface area (Å²) in [5, 5.41) is 4.39. The zero-order valence-electron chi connectivity index (χ0n) is 17.2. The molecular weight excluding hydrogens is 394 g/mol. The van der Waals surface area contributed by atoms with Crippen molar-refractivity contribution in [3.63, 3.8) is 0 Å². The van der Waals surface area contributed by atoms with E-state index >= 15 is 0 Å². The third-order valence-electron chi connectivity index (χ3n) is 6.11. The molecule has 8 heteroatoms. The van der Waals surface area contributed by atoms with Crippen LogP contribution < -0.4 is 21.1 Å². The Morgan fingerprint density at radius 1 is 1.06 bits per heavy atom. The fraction of sp³-hybridized carbons (Fsp3) is 0.261. The normalized spacial score (nSPS) is 16.7. The van der Waals surface area contributed by atoms with Gasteiger partial charge in [-0.2, -0.15) is 5.10 Å². The Kier molecular flexibility index (Phi) is 4.33. The molecule has 2 amide bonds. The molecule has 4 N–H and O–H groups in total. The van der Waals surface area contributed by atoms with Crippen LogP contribution in [0.5, 0.6) is 5.75 Å². The molecule has 2 heterocycles. The summed E-state index contributed by atoms with van der Waals surface area (Å²) in [6.07, 6.45) is 2.45. The molecule has 1 aliphatic carbocycles. The summed E-state index contributed by atoms with van der Waals surface area (Å²) in [6, 6.07) is 14.9. The van der Waals surface area contributed by atoms with Crippen molar-refractivity contribution in [3.05, 3.63) is 71.0 Å². The number of fused-ring (bicyclic) bond motifs is 1. The maximum atomic E-state index is 13.5. The molecule has 8 nitrogen and oxygen atoms in total. The molecule has 1 saturated carbocycles. The van der Waals surface area contributed by atoms with Gasteiger partial charge in [0, 0.05) is 23.3 Å². The van der Waals surface area contributed by atoms with Crippen LogP contribution >= 0.6 is 0 Å². The van der Waals surface area contributed by atoms with Gasteiger partial charge in [-0.15, -0.1) is 0 Å². The van der Waals surface area contributed by atoms with E-state index in [2.05, 4.69) is 5.10 Å². The molecule has 2 aliphatic rings. The summed E-state index contributed by atoms with van der Waals surface area (Å²) in [6.45, 7) is 0.438. The molecule has 0 saturated heterocycles. The molecule has 1 aliphatic heterocycles. The zero-order valence-corrected chi connectivity index (χ0v) is 17.2. The Bertz CT molecular complexity index is 1180. The summed E-state index contributed by atoms with van der Waals surface area (Å²) in [4.78, 5) is 27.2. The minimum atomic E-state index is -0.646. The molecule has 0 spiro atoms. The van der Waals surface area contributed by atoms with Crippen LogP contribution in [0.3, 0.4) is 0 Å². The molecule has 0 radical (unpaired) electrons. The number of anilines is 1. The van der Waals surface area contributed by atoms with Crippen LogP contribution in [0.4, 0.5) is 5.69 Å². The smallest absolute Gasteiger partial charge is 0.277 e. The maximum Gasteiger partial charge on any atom is 0.277 e. The van der Waals surface area contributed by atoms with Crippen molar-refractivity contribution in [3.8, 4) is 11.4 Å². The van der Waals surface area contributed by atoms with Crippen molar-refractivity contribution in [2.75, 3.05) is 18.6 Å². The number of primary amides is 1. The molecule has 3 aromatic rings. The van der Waals surface area contributed by atoms with Crippen molar-refractivity contribution >= 4 is 17.5 Å². The average Bonchev–Trinajstić information content (AvgIpc) is 3.41. The molecule has 1 fully saturated rings. The SMILES string of the molecule is COc1ccc(-n2nc(C(N)=O)c3c2C(=O)N(c2ccc(C4(N)CC4)cc2)CC3)cc1. The van der Waals surface area contributed by atoms with E-state index in [9.17, 15) is 9.59 Å². The largest absolute Gasteiger partial charge is 0.497 e. The number of rotatable bonds is 5. The van der Waals surface area contributed by atoms with Crippen molar-refractivity contribution in [1.29, 1.82) is 0 Å². The highest BCUT2D eigenvalue weighted by Gasteiger charge is 2.40. The van der Waals surface area contributed by atoms with Gasteiger partial charge in [0.25, 0.3) is 11.8 Å². The van der Waals surface area contributed by atoms with Crippen LogP contribution in [0.1, 0.15) is 44.9 Å². The highest BCUT2D eigenvalue weighted by molar-refractivity contribution is 6.09. The summed E-state index contributed by atoms with van der Waals surface area (Å²) in [5.41, 5.74) is 15.2. The highest BCUT2D eigenvalue weighted by Crippen LogP contribution is 2.43. The first-order valence-corrected chi connectivity index (χ1v) is 10.2. The van der Waals surface area contributed by atoms with Gasteiger partial charge < -0.3 is 21.1 Å². The highest BCUT2D eigenvalue weighted by atomic mass is 16.5. The number of carbonyl (C=O) groups is 2. The van der Waals surface area contributed by atoms with Gasteiger partial charge in [0.05, 0.1) is 12.8 Å². The number of nitrogens with zero attached hydrogens (tertiary/aromatic N) is 3. The molecule has 0 bridgehead atoms. The van der Waals surface area contributed by atoms with E-state index in [-0.39, 0.29) is 17.1 Å². The van der Waals surface area contributed by atoms with Gasteiger partial charge in [0.1, 0.15) is 11.4 Å². The van der Waals surface area contributed by atoms with Crippen molar-refractivity contribution in [1.82, 2.24) is 9.78 Å². The molecule has 5 rings (SSSR count). The third-order valence-corrected chi connectivity index (χ3v) is 6.11. The number of ether oxygens (including phenoxy) is 1. The molecule has 1 aromatic heterocycles. The average molecular weight is 417 g/mol. The molecular formula is C23H23N5O3. The van der Waals surface area contributed by atoms with Gasteiger partial charge in [-0.1, -0.05) is 12.1 Å². The monoisotopic (exact) mass is 417 g/mol. The standard InChI is InChI=1S/C23H23N5O3/c1-31-17-8-6-16(7-9-17)28-20-18(19(26-28)21(24)29)10-13-27(22(20)30)15-4-2-14(3-5-15)23(25)11-12-23/h2-9H,10-13,25H2,1H3,(H2,24,29). The minimum Gasteiger partial charge on any atom is -0.497 e. The Hall–Kier alpha value is -3.65. The number of benzene rings is 2. The first-order chi connectivity index (χ1) is 14.9. The Morgan fingerprint density at radius 3 is 2.29 bits per heavy atom. The molecule has 158 valence electrons. The van der Waals surface area contributed by atoms with Gasteiger partial charge in [-0.25, -0.2) is 4.68 Å². The second-order valence-electron chi connectivity index (χ2n) is 8.06. The molecule has 0 unspecified atom stereocenters. The molecule has 2 aromatic carbocycles. The lowest BCUT2D eigenvalue weighted by molar-refractivity contribution is 0.0972. The lowest BCUT2D eigenvalue weighted by Gasteiger charge is -2.28. The fourth-order valence-corrected chi connectivity index (χ4v) is 4.11. The topological polar surface area (TPSA) is 116 Å². The number of hydrogen-bond donors (Lipinski definition) is 2. The predicted octanol–water partition coefficient (Wildman–Crippen LogP) is 2.13. The lowest BCUT2D eigenvalue weighted by Crippen LogP contribution is -2.39. The summed E-state index contributed by atoms with van der Waals surface area (Å²) < 4.78 is 6.70. The Labute approximate surface area is 179 Å². The summed E-state index contributed by atoms with van der Waals surface area (Å²) >= 11 is 0. The Morgan fingerprint density at radius 2 is 1.71 bits per heavy atom. The van der Waals surface area contributed by atoms with E-state index in [1.807, 2.05) is 24.3 Å². The number of amides is 2. The van der Waals surface area contributed by atoms with Gasteiger partial charge in [-0.05, 0) is 61.2 Å². The zero-order chi connectivity index (χ0) is 21.8. The molecule has 0 atom stereocenters. The van der Waals surface area contributed by atoms with Gasteiger partial charge >= 0.3 is 0 Å². The van der Waals surface area contributed by atoms with Crippen LogP contribution in [-0.2, 0) is 12.0 Å². The van der Waals surface area contributed by atoms with E-state index in [4.69, 9.17) is 16.2 Å². The van der Waals surface area contributed by atoms with Crippen molar-refractivity contribution in [2.24, 2.45) is 11.5 Å². The third kappa shape index (κ3) is 3.16. The number of methoxy groups -OCH3 is 1. The summed E-state index contributed by atoms with van der Waals surface area (Å²) in [5.74, 6) is -0.188. The fourth-order valence-electron chi connectivity index (χ4n) is 4.11. The van der Waals surface area contributed by atoms with E-state index in [0.29, 0.717) is 35.7 Å². The van der Waals surface area contributed by atoms with Crippen molar-refractivity contribution in [2.45, 2.75) is 24.8 Å². The Balaban J connectivity index is 1.55. The second-order valence-corrected chi connectivity index (χ2v) is 8.06. The van der Waals surface area contributed by atoms with Crippen LogP contribution in [-0.4, -0.2) is 35.2 Å². The molecule has 31 heavy (non-hydrogen) atoms. The first kappa shape index (κ1) is 19.3. The van der Waals surface area contributed by atoms with Crippen LogP contribution in [0, 0.1) is 0 Å². The second kappa shape index (κ2) is 6.95. The number of nitrogens with two attached hydrogens (primary N) is 2. The van der Waals surface area contributed by atoms with Gasteiger partial charge in [0.15, 0.2) is 5.69 Å². The van der Waals surface area contributed by atoms with E-state index in [0.717, 1.165) is 24.1 Å². The predicted molar refractivity (Wildman–Crippen MR) is 116 cm³/mol. The van der Waals surface area contributed by atoms with Crippen LogP contribution in [0.25, 0.3) is 5.69 Å². The first-order valence-electron chi connectivity index (χ1n) is 10.2. The van der Waals surface area contributed by atoms with Gasteiger partial charge in [0.2, 0.25) is 0 Å². The van der Waals surface area contributed by atoms with E-state index in [1.165, 1.54) is 4.68 Å². The van der Waals surface area contributed by atoms with Gasteiger partial charge in [-0.3, -0.25) is 9.59 Å². The van der Waals surface area contributed by atoms with Crippen LogP contribution in [0.2, 0.25) is 0 Å². The quantitative estimate of drug-likeness (QED) is 0.660. The maximum absolute atomic E-state index is 13.5.